The first kappa shape index (κ1) is 10.7. The summed E-state index contributed by atoms with van der Waals surface area (Å²) in [5.41, 5.74) is 0. The summed E-state index contributed by atoms with van der Waals surface area (Å²) in [6.07, 6.45) is 1.93. The summed E-state index contributed by atoms with van der Waals surface area (Å²) < 4.78 is 10.7. The lowest BCUT2D eigenvalue weighted by Crippen LogP contribution is -2.26. The monoisotopic (exact) mass is 174 g/mol. The van der Waals surface area contributed by atoms with Crippen molar-refractivity contribution in [2.75, 3.05) is 13.7 Å². The molecule has 0 rings (SSSR count). The number of hydrogen-bond acceptors (Lipinski definition) is 2. The van der Waals surface area contributed by atoms with E-state index in [4.69, 9.17) is 9.16 Å². The normalized spacial score (nSPS) is 13.4. The maximum Gasteiger partial charge on any atom is 0.184 e. The highest BCUT2D eigenvalue weighted by molar-refractivity contribution is 6.69. The molecule has 0 aliphatic rings. The number of ether oxygens (including phenoxy) is 1. The highest BCUT2D eigenvalue weighted by atomic mass is 28.4. The summed E-state index contributed by atoms with van der Waals surface area (Å²) in [7, 11) is 0.296. The van der Waals surface area contributed by atoms with Crippen molar-refractivity contribution in [2.45, 2.75) is 26.6 Å². The second-order valence-corrected chi connectivity index (χ2v) is 7.87. The Hall–Kier alpha value is -0.283. The summed E-state index contributed by atoms with van der Waals surface area (Å²) >= 11 is 0. The molecule has 2 nitrogen and oxygen atoms in total. The highest BCUT2D eigenvalue weighted by Gasteiger charge is 2.14. The van der Waals surface area contributed by atoms with Gasteiger partial charge in [0.25, 0.3) is 0 Å². The van der Waals surface area contributed by atoms with Crippen molar-refractivity contribution in [3.63, 3.8) is 0 Å². The first-order valence-corrected chi connectivity index (χ1v) is 7.23. The zero-order chi connectivity index (χ0) is 8.91. The van der Waals surface area contributed by atoms with Crippen molar-refractivity contribution < 1.29 is 9.16 Å². The predicted octanol–water partition coefficient (Wildman–Crippen LogP) is 2.39. The summed E-state index contributed by atoms with van der Waals surface area (Å²) in [4.78, 5) is 0. The van der Waals surface area contributed by atoms with Gasteiger partial charge in [-0.2, -0.15) is 0 Å². The van der Waals surface area contributed by atoms with E-state index in [9.17, 15) is 0 Å². The molecule has 0 amide bonds. The molecule has 0 saturated carbocycles. The van der Waals surface area contributed by atoms with Gasteiger partial charge in [0.15, 0.2) is 8.32 Å². The minimum absolute atomic E-state index is 0.614. The first-order chi connectivity index (χ1) is 4.99. The Labute approximate surface area is 70.3 Å². The number of methoxy groups -OCH3 is 1. The van der Waals surface area contributed by atoms with Crippen LogP contribution in [-0.4, -0.2) is 22.0 Å². The van der Waals surface area contributed by atoms with E-state index in [1.165, 1.54) is 0 Å². The standard InChI is InChI=1S/C8H18O2Si/c1-6-8(9-2)7-10-11(3,4)5/h6H,7H2,1-5H3. The molecular formula is C8H18O2Si. The van der Waals surface area contributed by atoms with Crippen LogP contribution in [0.4, 0.5) is 0 Å². The fourth-order valence-electron chi connectivity index (χ4n) is 0.548. The van der Waals surface area contributed by atoms with E-state index >= 15 is 0 Å². The lowest BCUT2D eigenvalue weighted by Gasteiger charge is -2.17. The van der Waals surface area contributed by atoms with E-state index in [2.05, 4.69) is 19.6 Å². The molecule has 0 aromatic carbocycles. The Morgan fingerprint density at radius 1 is 1.36 bits per heavy atom. The molecule has 0 aliphatic heterocycles. The number of allylic oxidation sites excluding steroid dienone is 1. The molecule has 0 heterocycles. The molecule has 0 N–H and O–H groups in total. The zero-order valence-corrected chi connectivity index (χ0v) is 9.10. The average Bonchev–Trinajstić information content (AvgIpc) is 1.88. The van der Waals surface area contributed by atoms with Crippen molar-refractivity contribution in [2.24, 2.45) is 0 Å². The number of rotatable bonds is 4. The zero-order valence-electron chi connectivity index (χ0n) is 8.10. The molecular weight excluding hydrogens is 156 g/mol. The SMILES string of the molecule is CC=C(CO[Si](C)(C)C)OC. The van der Waals surface area contributed by atoms with Crippen LogP contribution in [0.2, 0.25) is 19.6 Å². The molecule has 0 fully saturated rings. The van der Waals surface area contributed by atoms with Gasteiger partial charge in [-0.3, -0.25) is 0 Å². The quantitative estimate of drug-likeness (QED) is 0.481. The third-order valence-corrected chi connectivity index (χ3v) is 2.24. The van der Waals surface area contributed by atoms with E-state index in [1.807, 2.05) is 13.0 Å². The Morgan fingerprint density at radius 2 is 1.91 bits per heavy atom. The smallest absolute Gasteiger partial charge is 0.184 e. The van der Waals surface area contributed by atoms with Crippen LogP contribution in [-0.2, 0) is 9.16 Å². The van der Waals surface area contributed by atoms with Gasteiger partial charge in [-0.25, -0.2) is 0 Å². The molecule has 0 spiro atoms. The van der Waals surface area contributed by atoms with Crippen LogP contribution in [0.25, 0.3) is 0 Å². The van der Waals surface area contributed by atoms with Crippen LogP contribution < -0.4 is 0 Å². The maximum atomic E-state index is 5.62. The van der Waals surface area contributed by atoms with Gasteiger partial charge in [-0.1, -0.05) is 0 Å². The van der Waals surface area contributed by atoms with Crippen molar-refractivity contribution in [3.05, 3.63) is 11.8 Å². The van der Waals surface area contributed by atoms with Gasteiger partial charge in [0.2, 0.25) is 0 Å². The fourth-order valence-corrected chi connectivity index (χ4v) is 1.12. The molecule has 0 saturated heterocycles. The summed E-state index contributed by atoms with van der Waals surface area (Å²) in [5, 5.41) is 0. The third-order valence-electron chi connectivity index (χ3n) is 1.23. The largest absolute Gasteiger partial charge is 0.499 e. The van der Waals surface area contributed by atoms with Gasteiger partial charge < -0.3 is 9.16 Å². The second kappa shape index (κ2) is 4.57. The van der Waals surface area contributed by atoms with Gasteiger partial charge in [0.05, 0.1) is 13.7 Å². The van der Waals surface area contributed by atoms with E-state index in [0.29, 0.717) is 6.61 Å². The van der Waals surface area contributed by atoms with Crippen molar-refractivity contribution in [3.8, 4) is 0 Å². The van der Waals surface area contributed by atoms with E-state index in [1.54, 1.807) is 7.11 Å². The molecule has 3 heteroatoms. The van der Waals surface area contributed by atoms with Crippen molar-refractivity contribution in [1.82, 2.24) is 0 Å². The van der Waals surface area contributed by atoms with Crippen LogP contribution in [0.3, 0.4) is 0 Å². The van der Waals surface area contributed by atoms with E-state index in [0.717, 1.165) is 5.76 Å². The summed E-state index contributed by atoms with van der Waals surface area (Å²) in [5.74, 6) is 0.910. The van der Waals surface area contributed by atoms with E-state index in [-0.39, 0.29) is 0 Å². The van der Waals surface area contributed by atoms with Crippen LogP contribution in [0.1, 0.15) is 6.92 Å². The Kier molecular flexibility index (Phi) is 4.45. The molecule has 66 valence electrons. The fraction of sp³-hybridized carbons (Fsp3) is 0.750. The lowest BCUT2D eigenvalue weighted by molar-refractivity contribution is 0.215. The van der Waals surface area contributed by atoms with E-state index < -0.39 is 8.32 Å². The number of hydrogen-bond donors (Lipinski definition) is 0. The van der Waals surface area contributed by atoms with Gasteiger partial charge in [0.1, 0.15) is 5.76 Å². The molecule has 11 heavy (non-hydrogen) atoms. The maximum absolute atomic E-state index is 5.62. The molecule has 0 aromatic rings. The summed E-state index contributed by atoms with van der Waals surface area (Å²) in [6, 6.07) is 0. The second-order valence-electron chi connectivity index (χ2n) is 3.36. The molecule has 0 aliphatic carbocycles. The van der Waals surface area contributed by atoms with Crippen LogP contribution in [0.5, 0.6) is 0 Å². The van der Waals surface area contributed by atoms with Crippen molar-refractivity contribution in [1.29, 1.82) is 0 Å². The van der Waals surface area contributed by atoms with Crippen molar-refractivity contribution >= 4 is 8.32 Å². The first-order valence-electron chi connectivity index (χ1n) is 3.82. The molecule has 0 unspecified atom stereocenters. The highest BCUT2D eigenvalue weighted by Crippen LogP contribution is 2.05. The van der Waals surface area contributed by atoms with Gasteiger partial charge in [-0.05, 0) is 32.6 Å². The molecule has 0 bridgehead atoms. The van der Waals surface area contributed by atoms with Gasteiger partial charge in [-0.15, -0.1) is 0 Å². The van der Waals surface area contributed by atoms with Crippen LogP contribution in [0.15, 0.2) is 11.8 Å². The third kappa shape index (κ3) is 6.13. The molecule has 0 radical (unpaired) electrons. The van der Waals surface area contributed by atoms with Crippen LogP contribution >= 0.6 is 0 Å². The Morgan fingerprint density at radius 3 is 2.18 bits per heavy atom. The minimum Gasteiger partial charge on any atom is -0.499 e. The Bertz CT molecular complexity index is 136. The Balaban J connectivity index is 3.70. The van der Waals surface area contributed by atoms with Gasteiger partial charge >= 0.3 is 0 Å². The van der Waals surface area contributed by atoms with Gasteiger partial charge in [0, 0.05) is 0 Å². The topological polar surface area (TPSA) is 18.5 Å². The summed E-state index contributed by atoms with van der Waals surface area (Å²) in [6.45, 7) is 9.05. The van der Waals surface area contributed by atoms with Crippen LogP contribution in [0, 0.1) is 0 Å². The molecule has 0 atom stereocenters. The lowest BCUT2D eigenvalue weighted by atomic mass is 10.5. The molecule has 0 aromatic heterocycles. The minimum atomic E-state index is -1.37. The average molecular weight is 174 g/mol. The predicted molar refractivity (Wildman–Crippen MR) is 50.1 cm³/mol.